The predicted octanol–water partition coefficient (Wildman–Crippen LogP) is 4.46. The molecule has 6 nitrogen and oxygen atoms in total. The van der Waals surface area contributed by atoms with Crippen molar-refractivity contribution in [1.82, 2.24) is 4.90 Å². The molecule has 136 valence electrons. The van der Waals surface area contributed by atoms with Gasteiger partial charge in [0.15, 0.2) is 5.75 Å². The number of carboxylic acids is 1. The summed E-state index contributed by atoms with van der Waals surface area (Å²) in [6, 6.07) is 13.7. The second-order valence-electron chi connectivity index (χ2n) is 6.50. The summed E-state index contributed by atoms with van der Waals surface area (Å²) in [5.74, 6) is 0.0416. The molecule has 1 atom stereocenters. The van der Waals surface area contributed by atoms with Crippen LogP contribution in [0, 0.1) is 5.41 Å². The zero-order valence-electron chi connectivity index (χ0n) is 14.2. The quantitative estimate of drug-likeness (QED) is 0.828. The third-order valence-electron chi connectivity index (χ3n) is 4.46. The van der Waals surface area contributed by atoms with E-state index in [9.17, 15) is 14.7 Å². The van der Waals surface area contributed by atoms with Crippen LogP contribution in [0.25, 0.3) is 0 Å². The molecule has 0 bridgehead atoms. The number of ether oxygens (including phenoxy) is 1. The van der Waals surface area contributed by atoms with Gasteiger partial charge in [-0.1, -0.05) is 35.9 Å². The summed E-state index contributed by atoms with van der Waals surface area (Å²) in [7, 11) is 0. The highest BCUT2D eigenvalue weighted by Gasteiger charge is 2.42. The van der Waals surface area contributed by atoms with Crippen LogP contribution >= 0.6 is 11.6 Å². The van der Waals surface area contributed by atoms with Gasteiger partial charge in [0.2, 0.25) is 0 Å². The van der Waals surface area contributed by atoms with Gasteiger partial charge in [-0.2, -0.15) is 0 Å². The van der Waals surface area contributed by atoms with Gasteiger partial charge in [0, 0.05) is 13.1 Å². The summed E-state index contributed by atoms with van der Waals surface area (Å²) in [4.78, 5) is 25.4. The summed E-state index contributed by atoms with van der Waals surface area (Å²) in [5, 5.41) is 12.6. The number of hydrogen-bond donors (Lipinski definition) is 2. The topological polar surface area (TPSA) is 78.9 Å². The van der Waals surface area contributed by atoms with Gasteiger partial charge >= 0.3 is 12.0 Å². The largest absolute Gasteiger partial charge is 0.481 e. The van der Waals surface area contributed by atoms with E-state index >= 15 is 0 Å². The van der Waals surface area contributed by atoms with Crippen LogP contribution in [-0.4, -0.2) is 35.1 Å². The first kappa shape index (κ1) is 18.1. The van der Waals surface area contributed by atoms with Crippen molar-refractivity contribution in [2.75, 3.05) is 18.4 Å². The van der Waals surface area contributed by atoms with Crippen LogP contribution in [0.5, 0.6) is 11.5 Å². The smallest absolute Gasteiger partial charge is 0.321 e. The standard InChI is InChI=1S/C19H19ClN2O4/c1-19(17(23)24)10-11-22(12-19)18(25)21-14-7-3-5-9-16(14)26-15-8-4-2-6-13(15)20/h2-9H,10-12H2,1H3,(H,21,25)(H,23,24). The van der Waals surface area contributed by atoms with E-state index in [1.165, 1.54) is 4.90 Å². The molecule has 2 N–H and O–H groups in total. The average molecular weight is 375 g/mol. The van der Waals surface area contributed by atoms with Gasteiger partial charge in [-0.3, -0.25) is 4.79 Å². The summed E-state index contributed by atoms with van der Waals surface area (Å²) in [6.07, 6.45) is 0.424. The molecule has 3 rings (SSSR count). The van der Waals surface area contributed by atoms with Gasteiger partial charge in [0.05, 0.1) is 16.1 Å². The fourth-order valence-electron chi connectivity index (χ4n) is 2.81. The molecule has 7 heteroatoms. The Morgan fingerprint density at radius 1 is 1.15 bits per heavy atom. The molecule has 1 aliphatic heterocycles. The molecule has 1 saturated heterocycles. The molecule has 1 unspecified atom stereocenters. The lowest BCUT2D eigenvalue weighted by atomic mass is 9.90. The number of amides is 2. The van der Waals surface area contributed by atoms with E-state index in [1.54, 1.807) is 55.5 Å². The number of nitrogens with one attached hydrogen (secondary N) is 1. The Morgan fingerprint density at radius 3 is 2.46 bits per heavy atom. The third kappa shape index (κ3) is 3.75. The Balaban J connectivity index is 1.74. The number of urea groups is 1. The molecule has 2 aromatic rings. The molecule has 1 heterocycles. The van der Waals surface area contributed by atoms with Gasteiger partial charge in [-0.15, -0.1) is 0 Å². The van der Waals surface area contributed by atoms with Crippen LogP contribution in [0.2, 0.25) is 5.02 Å². The van der Waals surface area contributed by atoms with Crippen molar-refractivity contribution >= 4 is 29.3 Å². The van der Waals surface area contributed by atoms with Crippen LogP contribution in [0.3, 0.4) is 0 Å². The number of carbonyl (C=O) groups is 2. The molecule has 0 aromatic heterocycles. The monoisotopic (exact) mass is 374 g/mol. The Hall–Kier alpha value is -2.73. The van der Waals surface area contributed by atoms with E-state index in [1.807, 2.05) is 0 Å². The third-order valence-corrected chi connectivity index (χ3v) is 4.77. The van der Waals surface area contributed by atoms with E-state index in [-0.39, 0.29) is 12.6 Å². The first-order chi connectivity index (χ1) is 12.4. The molecule has 2 aromatic carbocycles. The second kappa shape index (κ2) is 7.25. The minimum Gasteiger partial charge on any atom is -0.481 e. The Labute approximate surface area is 156 Å². The molecule has 26 heavy (non-hydrogen) atoms. The molecule has 1 fully saturated rings. The van der Waals surface area contributed by atoms with Crippen molar-refractivity contribution in [3.63, 3.8) is 0 Å². The van der Waals surface area contributed by atoms with E-state index in [0.717, 1.165) is 0 Å². The number of anilines is 1. The number of aliphatic carboxylic acids is 1. The fraction of sp³-hybridized carbons (Fsp3) is 0.263. The molecule has 0 radical (unpaired) electrons. The van der Waals surface area contributed by atoms with E-state index in [4.69, 9.17) is 16.3 Å². The zero-order chi connectivity index (χ0) is 18.7. The number of nitrogens with zero attached hydrogens (tertiary/aromatic N) is 1. The number of halogens is 1. The SMILES string of the molecule is CC1(C(=O)O)CCN(C(=O)Nc2ccccc2Oc2ccccc2Cl)C1. The maximum Gasteiger partial charge on any atom is 0.321 e. The summed E-state index contributed by atoms with van der Waals surface area (Å²) < 4.78 is 5.82. The van der Waals surface area contributed by atoms with Crippen LogP contribution in [0.15, 0.2) is 48.5 Å². The van der Waals surface area contributed by atoms with Crippen molar-refractivity contribution in [2.45, 2.75) is 13.3 Å². The van der Waals surface area contributed by atoms with E-state index < -0.39 is 11.4 Å². The van der Waals surface area contributed by atoms with Crippen LogP contribution in [-0.2, 0) is 4.79 Å². The second-order valence-corrected chi connectivity index (χ2v) is 6.90. The molecule has 0 spiro atoms. The predicted molar refractivity (Wildman–Crippen MR) is 98.9 cm³/mol. The lowest BCUT2D eigenvalue weighted by molar-refractivity contribution is -0.146. The van der Waals surface area contributed by atoms with Crippen molar-refractivity contribution in [3.8, 4) is 11.5 Å². The molecule has 2 amide bonds. The Morgan fingerprint density at radius 2 is 1.81 bits per heavy atom. The fourth-order valence-corrected chi connectivity index (χ4v) is 2.98. The average Bonchev–Trinajstić information content (AvgIpc) is 3.03. The van der Waals surface area contributed by atoms with Gasteiger partial charge in [-0.25, -0.2) is 4.79 Å². The van der Waals surface area contributed by atoms with E-state index in [2.05, 4.69) is 5.32 Å². The van der Waals surface area contributed by atoms with E-state index in [0.29, 0.717) is 35.2 Å². The molecule has 1 aliphatic rings. The zero-order valence-corrected chi connectivity index (χ0v) is 15.0. The van der Waals surface area contributed by atoms with Gasteiger partial charge in [-0.05, 0) is 37.6 Å². The highest BCUT2D eigenvalue weighted by Crippen LogP contribution is 2.34. The van der Waals surface area contributed by atoms with Gasteiger partial charge in [0.25, 0.3) is 0 Å². The highest BCUT2D eigenvalue weighted by molar-refractivity contribution is 6.32. The maximum absolute atomic E-state index is 12.5. The minimum atomic E-state index is -0.912. The maximum atomic E-state index is 12.5. The lowest BCUT2D eigenvalue weighted by Gasteiger charge is -2.21. The number of likely N-dealkylation sites (tertiary alicyclic amines) is 1. The normalized spacial score (nSPS) is 19.2. The lowest BCUT2D eigenvalue weighted by Crippen LogP contribution is -2.37. The van der Waals surface area contributed by atoms with Crippen molar-refractivity contribution < 1.29 is 19.4 Å². The summed E-state index contributed by atoms with van der Waals surface area (Å²) in [6.45, 7) is 2.21. The molecular weight excluding hydrogens is 356 g/mol. The van der Waals surface area contributed by atoms with Gasteiger partial charge in [0.1, 0.15) is 5.75 Å². The Bertz CT molecular complexity index is 842. The van der Waals surface area contributed by atoms with Gasteiger partial charge < -0.3 is 20.1 Å². The van der Waals surface area contributed by atoms with Crippen LogP contribution < -0.4 is 10.1 Å². The van der Waals surface area contributed by atoms with Crippen LogP contribution in [0.4, 0.5) is 10.5 Å². The molecule has 0 aliphatic carbocycles. The molecular formula is C19H19ClN2O4. The number of carboxylic acid groups (broad SMARTS) is 1. The summed E-state index contributed by atoms with van der Waals surface area (Å²) >= 11 is 6.12. The first-order valence-electron chi connectivity index (χ1n) is 8.20. The van der Waals surface area contributed by atoms with Crippen molar-refractivity contribution in [2.24, 2.45) is 5.41 Å². The van der Waals surface area contributed by atoms with Crippen LogP contribution in [0.1, 0.15) is 13.3 Å². The number of carbonyl (C=O) groups excluding carboxylic acids is 1. The van der Waals surface area contributed by atoms with Crippen molar-refractivity contribution in [1.29, 1.82) is 0 Å². The van der Waals surface area contributed by atoms with Crippen molar-refractivity contribution in [3.05, 3.63) is 53.6 Å². The molecule has 0 saturated carbocycles. The number of hydrogen-bond acceptors (Lipinski definition) is 3. The number of benzene rings is 2. The Kier molecular flexibility index (Phi) is 5.04. The highest BCUT2D eigenvalue weighted by atomic mass is 35.5. The number of rotatable bonds is 4. The number of para-hydroxylation sites is 3. The first-order valence-corrected chi connectivity index (χ1v) is 8.57. The minimum absolute atomic E-state index is 0.168. The summed E-state index contributed by atoms with van der Waals surface area (Å²) in [5.41, 5.74) is -0.424.